The first-order valence-electron chi connectivity index (χ1n) is 8.98. The standard InChI is InChI=1S/C22H16ClN3O3/c23-18-9-5-4-8-17(18)19-13-22(27)25(14-15-6-2-1-3-7-15)21-11-10-16(26(28)29)12-20(21)24-19/h1-12H,13-14H2. The molecule has 0 bridgehead atoms. The average Bonchev–Trinajstić information content (AvgIpc) is 2.85. The largest absolute Gasteiger partial charge is 0.306 e. The van der Waals surface area contributed by atoms with Crippen LogP contribution < -0.4 is 4.90 Å². The number of nitrogens with zero attached hydrogens (tertiary/aromatic N) is 3. The second-order valence-corrected chi connectivity index (χ2v) is 7.02. The van der Waals surface area contributed by atoms with Gasteiger partial charge in [-0.05, 0) is 17.7 Å². The van der Waals surface area contributed by atoms with Crippen LogP contribution >= 0.6 is 11.6 Å². The van der Waals surface area contributed by atoms with Crippen LogP contribution in [0.5, 0.6) is 0 Å². The van der Waals surface area contributed by atoms with Crippen molar-refractivity contribution in [3.05, 3.63) is 99.1 Å². The van der Waals surface area contributed by atoms with Crippen molar-refractivity contribution in [2.45, 2.75) is 13.0 Å². The minimum Gasteiger partial charge on any atom is -0.306 e. The molecule has 0 fully saturated rings. The molecule has 1 heterocycles. The highest BCUT2D eigenvalue weighted by Gasteiger charge is 2.27. The van der Waals surface area contributed by atoms with E-state index >= 15 is 0 Å². The predicted molar refractivity (Wildman–Crippen MR) is 113 cm³/mol. The molecule has 0 N–H and O–H groups in total. The Morgan fingerprint density at radius 2 is 1.76 bits per heavy atom. The number of nitro groups is 1. The van der Waals surface area contributed by atoms with Gasteiger partial charge in [-0.2, -0.15) is 0 Å². The van der Waals surface area contributed by atoms with Crippen molar-refractivity contribution < 1.29 is 9.72 Å². The number of anilines is 1. The van der Waals surface area contributed by atoms with Crippen molar-refractivity contribution in [3.63, 3.8) is 0 Å². The molecule has 0 radical (unpaired) electrons. The molecule has 29 heavy (non-hydrogen) atoms. The smallest absolute Gasteiger partial charge is 0.271 e. The Balaban J connectivity index is 1.84. The number of hydrogen-bond acceptors (Lipinski definition) is 4. The molecule has 7 heteroatoms. The van der Waals surface area contributed by atoms with Crippen LogP contribution in [0, 0.1) is 10.1 Å². The van der Waals surface area contributed by atoms with Crippen LogP contribution in [0.15, 0.2) is 77.8 Å². The van der Waals surface area contributed by atoms with E-state index < -0.39 is 4.92 Å². The predicted octanol–water partition coefficient (Wildman–Crippen LogP) is 5.31. The van der Waals surface area contributed by atoms with Crippen LogP contribution in [0.3, 0.4) is 0 Å². The van der Waals surface area contributed by atoms with Gasteiger partial charge in [0.05, 0.1) is 35.0 Å². The first-order valence-corrected chi connectivity index (χ1v) is 9.36. The summed E-state index contributed by atoms with van der Waals surface area (Å²) < 4.78 is 0. The molecule has 4 rings (SSSR count). The second kappa shape index (κ2) is 7.85. The summed E-state index contributed by atoms with van der Waals surface area (Å²) in [5, 5.41) is 11.7. The Labute approximate surface area is 172 Å². The van der Waals surface area contributed by atoms with Crippen LogP contribution in [0.25, 0.3) is 0 Å². The van der Waals surface area contributed by atoms with Crippen molar-refractivity contribution in [2.24, 2.45) is 4.99 Å². The normalized spacial score (nSPS) is 13.5. The molecule has 0 atom stereocenters. The lowest BCUT2D eigenvalue weighted by molar-refractivity contribution is -0.384. The fraction of sp³-hybridized carbons (Fsp3) is 0.0909. The number of aliphatic imine (C=N–C) groups is 1. The van der Waals surface area contributed by atoms with Crippen molar-refractivity contribution >= 4 is 40.3 Å². The number of fused-ring (bicyclic) bond motifs is 1. The summed E-state index contributed by atoms with van der Waals surface area (Å²) in [6, 6.07) is 21.1. The van der Waals surface area contributed by atoms with Gasteiger partial charge in [0.2, 0.25) is 5.91 Å². The summed E-state index contributed by atoms with van der Waals surface area (Å²) in [7, 11) is 0. The highest BCUT2D eigenvalue weighted by atomic mass is 35.5. The molecule has 1 aliphatic rings. The number of nitro benzene ring substituents is 1. The third kappa shape index (κ3) is 3.88. The van der Waals surface area contributed by atoms with Gasteiger partial charge in [0, 0.05) is 22.7 Å². The van der Waals surface area contributed by atoms with Crippen molar-refractivity contribution in [1.82, 2.24) is 0 Å². The molecule has 0 aromatic heterocycles. The van der Waals surface area contributed by atoms with Crippen LogP contribution in [0.1, 0.15) is 17.5 Å². The number of hydrogen-bond donors (Lipinski definition) is 0. The van der Waals surface area contributed by atoms with E-state index in [2.05, 4.69) is 4.99 Å². The fourth-order valence-electron chi connectivity index (χ4n) is 3.29. The van der Waals surface area contributed by atoms with Crippen molar-refractivity contribution in [3.8, 4) is 0 Å². The minimum absolute atomic E-state index is 0.0407. The Hall–Kier alpha value is -3.51. The highest BCUT2D eigenvalue weighted by Crippen LogP contribution is 2.37. The van der Waals surface area contributed by atoms with Crippen LogP contribution in [0.2, 0.25) is 5.02 Å². The molecule has 1 aliphatic heterocycles. The van der Waals surface area contributed by atoms with Crippen molar-refractivity contribution in [2.75, 3.05) is 4.90 Å². The second-order valence-electron chi connectivity index (χ2n) is 6.61. The number of carbonyl (C=O) groups is 1. The molecule has 0 aliphatic carbocycles. The molecule has 0 unspecified atom stereocenters. The van der Waals surface area contributed by atoms with Gasteiger partial charge in [-0.25, -0.2) is 4.99 Å². The van der Waals surface area contributed by atoms with Crippen LogP contribution in [0.4, 0.5) is 17.1 Å². The molecule has 0 spiro atoms. The zero-order valence-corrected chi connectivity index (χ0v) is 16.0. The third-order valence-electron chi connectivity index (χ3n) is 4.70. The van der Waals surface area contributed by atoms with E-state index in [9.17, 15) is 14.9 Å². The summed E-state index contributed by atoms with van der Waals surface area (Å²) in [6.07, 6.45) is 0.0407. The number of halogens is 1. The van der Waals surface area contributed by atoms with Gasteiger partial charge in [-0.15, -0.1) is 0 Å². The molecular formula is C22H16ClN3O3. The van der Waals surface area contributed by atoms with Gasteiger partial charge >= 0.3 is 0 Å². The zero-order valence-electron chi connectivity index (χ0n) is 15.3. The Morgan fingerprint density at radius 1 is 1.03 bits per heavy atom. The van der Waals surface area contributed by atoms with E-state index in [-0.39, 0.29) is 18.0 Å². The van der Waals surface area contributed by atoms with E-state index in [1.54, 1.807) is 29.2 Å². The maximum Gasteiger partial charge on any atom is 0.271 e. The Bertz CT molecular complexity index is 1130. The molecule has 3 aromatic carbocycles. The van der Waals surface area contributed by atoms with E-state index in [0.29, 0.717) is 34.2 Å². The third-order valence-corrected chi connectivity index (χ3v) is 5.03. The van der Waals surface area contributed by atoms with Gasteiger partial charge in [0.1, 0.15) is 0 Å². The van der Waals surface area contributed by atoms with Gasteiger partial charge < -0.3 is 4.90 Å². The maximum absolute atomic E-state index is 13.2. The number of benzene rings is 3. The van der Waals surface area contributed by atoms with Crippen molar-refractivity contribution in [1.29, 1.82) is 0 Å². The Kier molecular flexibility index (Phi) is 5.10. The lowest BCUT2D eigenvalue weighted by Gasteiger charge is -2.22. The molecule has 0 saturated carbocycles. The lowest BCUT2D eigenvalue weighted by Crippen LogP contribution is -2.31. The Morgan fingerprint density at radius 3 is 2.48 bits per heavy atom. The molecule has 0 saturated heterocycles. The monoisotopic (exact) mass is 405 g/mol. The first-order chi connectivity index (χ1) is 14.0. The summed E-state index contributed by atoms with van der Waals surface area (Å²) in [5.74, 6) is -0.153. The van der Waals surface area contributed by atoms with E-state index in [1.165, 1.54) is 12.1 Å². The lowest BCUT2D eigenvalue weighted by atomic mass is 10.1. The quantitative estimate of drug-likeness (QED) is 0.436. The molecular weight excluding hydrogens is 390 g/mol. The van der Waals surface area contributed by atoms with Crippen LogP contribution in [-0.4, -0.2) is 16.5 Å². The van der Waals surface area contributed by atoms with Gasteiger partial charge in [-0.3, -0.25) is 14.9 Å². The summed E-state index contributed by atoms with van der Waals surface area (Å²) >= 11 is 6.32. The molecule has 6 nitrogen and oxygen atoms in total. The van der Waals surface area contributed by atoms with E-state index in [0.717, 1.165) is 5.56 Å². The molecule has 1 amide bonds. The summed E-state index contributed by atoms with van der Waals surface area (Å²) in [6.45, 7) is 0.343. The zero-order chi connectivity index (χ0) is 20.4. The summed E-state index contributed by atoms with van der Waals surface area (Å²) in [4.78, 5) is 30.2. The first kappa shape index (κ1) is 18.8. The molecule has 3 aromatic rings. The average molecular weight is 406 g/mol. The number of carbonyl (C=O) groups excluding carboxylic acids is 1. The van der Waals surface area contributed by atoms with E-state index in [4.69, 9.17) is 11.6 Å². The van der Waals surface area contributed by atoms with Gasteiger partial charge in [0.25, 0.3) is 5.69 Å². The topological polar surface area (TPSA) is 75.8 Å². The number of non-ortho nitro benzene ring substituents is 1. The summed E-state index contributed by atoms with van der Waals surface area (Å²) in [5.41, 5.74) is 2.90. The van der Waals surface area contributed by atoms with Gasteiger partial charge in [-0.1, -0.05) is 60.1 Å². The van der Waals surface area contributed by atoms with E-state index in [1.807, 2.05) is 36.4 Å². The van der Waals surface area contributed by atoms with Crippen LogP contribution in [-0.2, 0) is 11.3 Å². The highest BCUT2D eigenvalue weighted by molar-refractivity contribution is 6.35. The fourth-order valence-corrected chi connectivity index (χ4v) is 3.54. The van der Waals surface area contributed by atoms with Gasteiger partial charge in [0.15, 0.2) is 0 Å². The number of rotatable bonds is 4. The number of amides is 1. The maximum atomic E-state index is 13.2. The minimum atomic E-state index is -0.473. The molecule has 144 valence electrons. The SMILES string of the molecule is O=C1CC(c2ccccc2Cl)=Nc2cc([N+](=O)[O-])ccc2N1Cc1ccccc1.